The minimum absolute atomic E-state index is 1.03. The topological polar surface area (TPSA) is 12.9 Å². The van der Waals surface area contributed by atoms with Crippen LogP contribution >= 0.6 is 15.9 Å². The summed E-state index contributed by atoms with van der Waals surface area (Å²) >= 11 is 3.46. The Balaban J connectivity index is 1.90. The van der Waals surface area contributed by atoms with Gasteiger partial charge in [-0.2, -0.15) is 0 Å². The van der Waals surface area contributed by atoms with Gasteiger partial charge in [0.25, 0.3) is 0 Å². The van der Waals surface area contributed by atoms with Crippen LogP contribution in [0.3, 0.4) is 0 Å². The van der Waals surface area contributed by atoms with Crippen molar-refractivity contribution in [2.24, 2.45) is 0 Å². The third-order valence-electron chi connectivity index (χ3n) is 2.86. The number of halogens is 1. The van der Waals surface area contributed by atoms with E-state index in [1.54, 1.807) is 0 Å². The highest BCUT2D eigenvalue weighted by Crippen LogP contribution is 2.29. The maximum absolute atomic E-state index is 4.39. The lowest BCUT2D eigenvalue weighted by molar-refractivity contribution is 0.743. The largest absolute Gasteiger partial charge is 0.260 e. The molecule has 0 spiro atoms. The van der Waals surface area contributed by atoms with Crippen molar-refractivity contribution < 1.29 is 0 Å². The summed E-state index contributed by atoms with van der Waals surface area (Å²) in [4.78, 5) is 4.39. The number of rotatable bonds is 5. The Morgan fingerprint density at radius 1 is 1.27 bits per heavy atom. The Kier molecular flexibility index (Phi) is 3.95. The van der Waals surface area contributed by atoms with E-state index in [9.17, 15) is 0 Å². The van der Waals surface area contributed by atoms with Crippen LogP contribution in [0.1, 0.15) is 36.9 Å². The van der Waals surface area contributed by atoms with Gasteiger partial charge in [-0.05, 0) is 36.5 Å². The van der Waals surface area contributed by atoms with Crippen molar-refractivity contribution in [3.8, 4) is 0 Å². The van der Waals surface area contributed by atoms with Gasteiger partial charge >= 0.3 is 0 Å². The molecule has 0 unspecified atom stereocenters. The molecule has 1 aromatic heterocycles. The van der Waals surface area contributed by atoms with E-state index in [2.05, 4.69) is 33.1 Å². The lowest BCUT2D eigenvalue weighted by Crippen LogP contribution is -1.88. The van der Waals surface area contributed by atoms with Crippen molar-refractivity contribution in [1.82, 2.24) is 4.98 Å². The van der Waals surface area contributed by atoms with Crippen LogP contribution in [0.25, 0.3) is 5.57 Å². The number of unbranched alkanes of at least 4 members (excludes halogenated alkanes) is 2. The van der Waals surface area contributed by atoms with Gasteiger partial charge in [-0.3, -0.25) is 4.98 Å². The molecule has 0 aliphatic heterocycles. The molecule has 1 aliphatic carbocycles. The number of hydrogen-bond donors (Lipinski definition) is 0. The van der Waals surface area contributed by atoms with Crippen molar-refractivity contribution in [3.63, 3.8) is 0 Å². The summed E-state index contributed by atoms with van der Waals surface area (Å²) < 4.78 is 0. The number of hydrogen-bond acceptors (Lipinski definition) is 1. The fourth-order valence-corrected chi connectivity index (χ4v) is 2.44. The molecule has 0 saturated heterocycles. The maximum atomic E-state index is 4.39. The number of nitrogens with zero attached hydrogens (tertiary/aromatic N) is 1. The standard InChI is InChI=1S/C13H16BrN/c14-9-3-1-2-5-11-7-8-13-12(11)6-4-10-15-13/h4,6-7,10H,1-3,5,8-9H2. The summed E-state index contributed by atoms with van der Waals surface area (Å²) in [6.07, 6.45) is 10.4. The average molecular weight is 266 g/mol. The normalized spacial score (nSPS) is 13.8. The molecule has 0 saturated carbocycles. The highest BCUT2D eigenvalue weighted by Gasteiger charge is 2.13. The lowest BCUT2D eigenvalue weighted by Gasteiger charge is -2.04. The molecule has 15 heavy (non-hydrogen) atoms. The van der Waals surface area contributed by atoms with E-state index in [1.807, 2.05) is 12.3 Å². The Morgan fingerprint density at radius 3 is 3.07 bits per heavy atom. The van der Waals surface area contributed by atoms with Crippen LogP contribution in [0.2, 0.25) is 0 Å². The van der Waals surface area contributed by atoms with Gasteiger partial charge in [0, 0.05) is 17.9 Å². The van der Waals surface area contributed by atoms with Gasteiger partial charge < -0.3 is 0 Å². The van der Waals surface area contributed by atoms with E-state index in [4.69, 9.17) is 0 Å². The molecule has 0 N–H and O–H groups in total. The molecule has 1 aliphatic rings. The van der Waals surface area contributed by atoms with Crippen LogP contribution in [0.5, 0.6) is 0 Å². The molecule has 0 atom stereocenters. The zero-order chi connectivity index (χ0) is 10.5. The third-order valence-corrected chi connectivity index (χ3v) is 3.42. The summed E-state index contributed by atoms with van der Waals surface area (Å²) in [5, 5.41) is 1.13. The highest BCUT2D eigenvalue weighted by molar-refractivity contribution is 9.09. The molecule has 0 radical (unpaired) electrons. The van der Waals surface area contributed by atoms with E-state index in [1.165, 1.54) is 42.5 Å². The second-order valence-corrected chi connectivity index (χ2v) is 4.72. The zero-order valence-electron chi connectivity index (χ0n) is 8.88. The van der Waals surface area contributed by atoms with Gasteiger partial charge in [0.15, 0.2) is 0 Å². The van der Waals surface area contributed by atoms with E-state index >= 15 is 0 Å². The van der Waals surface area contributed by atoms with Crippen molar-refractivity contribution in [3.05, 3.63) is 35.7 Å². The summed E-state index contributed by atoms with van der Waals surface area (Å²) in [5.41, 5.74) is 4.15. The third kappa shape index (κ3) is 2.69. The Hall–Kier alpha value is -0.630. The first-order valence-corrected chi connectivity index (χ1v) is 6.73. The molecule has 1 nitrogen and oxygen atoms in total. The Bertz CT molecular complexity index is 357. The van der Waals surface area contributed by atoms with E-state index < -0.39 is 0 Å². The van der Waals surface area contributed by atoms with Gasteiger partial charge in [0.1, 0.15) is 0 Å². The fraction of sp³-hybridized carbons (Fsp3) is 0.462. The number of pyridine rings is 1. The van der Waals surface area contributed by atoms with Crippen LogP contribution in [0, 0.1) is 0 Å². The van der Waals surface area contributed by atoms with Crippen molar-refractivity contribution in [2.75, 3.05) is 5.33 Å². The molecule has 80 valence electrons. The molecule has 1 heterocycles. The SMILES string of the molecule is BrCCCCCC1=CCc2ncccc21. The average Bonchev–Trinajstić information content (AvgIpc) is 2.68. The van der Waals surface area contributed by atoms with Gasteiger partial charge in [-0.15, -0.1) is 0 Å². The van der Waals surface area contributed by atoms with Crippen LogP contribution in [-0.4, -0.2) is 10.3 Å². The first-order chi connectivity index (χ1) is 7.42. The molecular formula is C13H16BrN. The Labute approximate surface area is 99.7 Å². The van der Waals surface area contributed by atoms with Crippen molar-refractivity contribution in [1.29, 1.82) is 0 Å². The van der Waals surface area contributed by atoms with E-state index in [0.29, 0.717) is 0 Å². The summed E-state index contributed by atoms with van der Waals surface area (Å²) in [5.74, 6) is 0. The molecule has 2 heteroatoms. The van der Waals surface area contributed by atoms with Crippen molar-refractivity contribution >= 4 is 21.5 Å². The zero-order valence-corrected chi connectivity index (χ0v) is 10.5. The smallest absolute Gasteiger partial charge is 0.0516 e. The van der Waals surface area contributed by atoms with Crippen LogP contribution in [0.4, 0.5) is 0 Å². The molecule has 1 aromatic rings. The highest BCUT2D eigenvalue weighted by atomic mass is 79.9. The minimum atomic E-state index is 1.03. The van der Waals surface area contributed by atoms with Crippen LogP contribution in [0.15, 0.2) is 24.4 Å². The first kappa shape index (κ1) is 10.9. The van der Waals surface area contributed by atoms with E-state index in [-0.39, 0.29) is 0 Å². The number of aromatic nitrogens is 1. The minimum Gasteiger partial charge on any atom is -0.260 e. The van der Waals surface area contributed by atoms with Crippen LogP contribution in [-0.2, 0) is 6.42 Å². The van der Waals surface area contributed by atoms with Crippen LogP contribution < -0.4 is 0 Å². The predicted octanol–water partition coefficient (Wildman–Crippen LogP) is 3.98. The molecular weight excluding hydrogens is 250 g/mol. The monoisotopic (exact) mass is 265 g/mol. The number of allylic oxidation sites excluding steroid dienone is 2. The Morgan fingerprint density at radius 2 is 2.20 bits per heavy atom. The molecule has 0 fully saturated rings. The fourth-order valence-electron chi connectivity index (χ4n) is 2.05. The number of fused-ring (bicyclic) bond motifs is 1. The summed E-state index contributed by atoms with van der Waals surface area (Å²) in [6.45, 7) is 0. The van der Waals surface area contributed by atoms with Gasteiger partial charge in [0.2, 0.25) is 0 Å². The van der Waals surface area contributed by atoms with Gasteiger partial charge in [-0.1, -0.05) is 34.5 Å². The maximum Gasteiger partial charge on any atom is 0.0516 e. The molecule has 0 amide bonds. The second kappa shape index (κ2) is 5.45. The predicted molar refractivity (Wildman–Crippen MR) is 68.2 cm³/mol. The quantitative estimate of drug-likeness (QED) is 0.580. The molecule has 0 bridgehead atoms. The van der Waals surface area contributed by atoms with Gasteiger partial charge in [-0.25, -0.2) is 0 Å². The lowest BCUT2D eigenvalue weighted by atomic mass is 10.0. The molecule has 2 rings (SSSR count). The summed E-state index contributed by atoms with van der Waals surface area (Å²) in [6, 6.07) is 4.24. The summed E-state index contributed by atoms with van der Waals surface area (Å²) in [7, 11) is 0. The number of alkyl halides is 1. The first-order valence-electron chi connectivity index (χ1n) is 5.61. The van der Waals surface area contributed by atoms with Crippen molar-refractivity contribution in [2.45, 2.75) is 32.1 Å². The van der Waals surface area contributed by atoms with Gasteiger partial charge in [0.05, 0.1) is 5.69 Å². The molecule has 0 aromatic carbocycles. The second-order valence-electron chi connectivity index (χ2n) is 3.93. The van der Waals surface area contributed by atoms with E-state index in [0.717, 1.165) is 11.8 Å².